The SMILES string of the molecule is CC(NC(N)=S)OC(C)(C)NC(=O)OC(C)(C)C. The van der Waals surface area contributed by atoms with Crippen LogP contribution in [0, 0.1) is 0 Å². The van der Waals surface area contributed by atoms with E-state index in [4.69, 9.17) is 27.4 Å². The largest absolute Gasteiger partial charge is 0.444 e. The number of carbonyl (C=O) groups is 1. The number of rotatable bonds is 4. The van der Waals surface area contributed by atoms with Gasteiger partial charge in [-0.15, -0.1) is 0 Å². The molecule has 7 heteroatoms. The first-order chi connectivity index (χ1) is 7.91. The molecule has 6 nitrogen and oxygen atoms in total. The molecule has 0 radical (unpaired) electrons. The van der Waals surface area contributed by atoms with Gasteiger partial charge in [0, 0.05) is 0 Å². The molecule has 4 N–H and O–H groups in total. The number of carbonyl (C=O) groups excluding carboxylic acids is 1. The third-order valence-electron chi connectivity index (χ3n) is 1.62. The number of nitrogens with two attached hydrogens (primary N) is 1. The van der Waals surface area contributed by atoms with E-state index < -0.39 is 23.6 Å². The van der Waals surface area contributed by atoms with Gasteiger partial charge < -0.3 is 20.5 Å². The quantitative estimate of drug-likeness (QED) is 0.532. The van der Waals surface area contributed by atoms with Crippen molar-refractivity contribution in [3.63, 3.8) is 0 Å². The van der Waals surface area contributed by atoms with E-state index >= 15 is 0 Å². The summed E-state index contributed by atoms with van der Waals surface area (Å²) in [4.78, 5) is 11.6. The van der Waals surface area contributed by atoms with Gasteiger partial charge in [0.15, 0.2) is 5.11 Å². The van der Waals surface area contributed by atoms with Crippen LogP contribution in [-0.4, -0.2) is 28.8 Å². The Morgan fingerprint density at radius 3 is 2.17 bits per heavy atom. The molecular weight excluding hydrogens is 254 g/mol. The Balaban J connectivity index is 4.30. The van der Waals surface area contributed by atoms with E-state index in [9.17, 15) is 4.79 Å². The molecule has 1 atom stereocenters. The van der Waals surface area contributed by atoms with E-state index in [1.807, 2.05) is 0 Å². The highest BCUT2D eigenvalue weighted by atomic mass is 32.1. The van der Waals surface area contributed by atoms with Gasteiger partial charge in [-0.25, -0.2) is 4.79 Å². The molecule has 0 saturated heterocycles. The molecular formula is C11H23N3O3S. The lowest BCUT2D eigenvalue weighted by Crippen LogP contribution is -2.52. The van der Waals surface area contributed by atoms with Crippen LogP contribution >= 0.6 is 12.2 Å². The molecule has 0 heterocycles. The zero-order chi connectivity index (χ0) is 14.6. The Kier molecular flexibility index (Phi) is 5.82. The number of ether oxygens (including phenoxy) is 2. The van der Waals surface area contributed by atoms with Crippen molar-refractivity contribution >= 4 is 23.4 Å². The predicted octanol–water partition coefficient (Wildman–Crippen LogP) is 1.44. The highest BCUT2D eigenvalue weighted by Gasteiger charge is 2.26. The number of alkyl carbamates (subject to hydrolysis) is 1. The highest BCUT2D eigenvalue weighted by molar-refractivity contribution is 7.80. The summed E-state index contributed by atoms with van der Waals surface area (Å²) in [5.74, 6) is 0. The lowest BCUT2D eigenvalue weighted by atomic mass is 10.2. The Morgan fingerprint density at radius 1 is 1.28 bits per heavy atom. The van der Waals surface area contributed by atoms with Crippen LogP contribution in [0.3, 0.4) is 0 Å². The van der Waals surface area contributed by atoms with Gasteiger partial charge in [0.1, 0.15) is 17.6 Å². The fourth-order valence-electron chi connectivity index (χ4n) is 1.25. The molecule has 106 valence electrons. The molecule has 0 aromatic heterocycles. The van der Waals surface area contributed by atoms with Crippen LogP contribution in [-0.2, 0) is 9.47 Å². The molecule has 18 heavy (non-hydrogen) atoms. The van der Waals surface area contributed by atoms with Gasteiger partial charge in [0.2, 0.25) is 0 Å². The van der Waals surface area contributed by atoms with Gasteiger partial charge in [-0.1, -0.05) is 0 Å². The summed E-state index contributed by atoms with van der Waals surface area (Å²) in [6, 6.07) is 0. The van der Waals surface area contributed by atoms with Crippen LogP contribution in [0.4, 0.5) is 4.79 Å². The molecule has 0 saturated carbocycles. The summed E-state index contributed by atoms with van der Waals surface area (Å²) >= 11 is 4.70. The topological polar surface area (TPSA) is 85.6 Å². The maximum atomic E-state index is 11.6. The summed E-state index contributed by atoms with van der Waals surface area (Å²) in [6.07, 6.45) is -0.970. The lowest BCUT2D eigenvalue weighted by Gasteiger charge is -2.31. The number of hydrogen-bond acceptors (Lipinski definition) is 4. The minimum atomic E-state index is -0.903. The van der Waals surface area contributed by atoms with Crippen molar-refractivity contribution in [1.29, 1.82) is 0 Å². The smallest absolute Gasteiger partial charge is 0.409 e. The Morgan fingerprint density at radius 2 is 1.78 bits per heavy atom. The van der Waals surface area contributed by atoms with Crippen molar-refractivity contribution in [3.05, 3.63) is 0 Å². The lowest BCUT2D eigenvalue weighted by molar-refractivity contribution is -0.0898. The van der Waals surface area contributed by atoms with Crippen LogP contribution in [0.5, 0.6) is 0 Å². The van der Waals surface area contributed by atoms with Crippen LogP contribution in [0.25, 0.3) is 0 Å². The van der Waals surface area contributed by atoms with E-state index in [0.717, 1.165) is 0 Å². The first-order valence-electron chi connectivity index (χ1n) is 5.66. The predicted molar refractivity (Wildman–Crippen MR) is 73.9 cm³/mol. The maximum absolute atomic E-state index is 11.6. The monoisotopic (exact) mass is 277 g/mol. The van der Waals surface area contributed by atoms with Crippen molar-refractivity contribution in [1.82, 2.24) is 10.6 Å². The molecule has 1 unspecified atom stereocenters. The van der Waals surface area contributed by atoms with Crippen LogP contribution in [0.15, 0.2) is 0 Å². The summed E-state index contributed by atoms with van der Waals surface area (Å²) in [5, 5.41) is 5.46. The fraction of sp³-hybridized carbons (Fsp3) is 0.818. The van der Waals surface area contributed by atoms with Crippen molar-refractivity contribution in [2.24, 2.45) is 5.73 Å². The van der Waals surface area contributed by atoms with Gasteiger partial charge in [0.25, 0.3) is 0 Å². The molecule has 0 aliphatic carbocycles. The molecule has 0 aliphatic heterocycles. The van der Waals surface area contributed by atoms with E-state index in [1.165, 1.54) is 0 Å². The summed E-state index contributed by atoms with van der Waals surface area (Å²) in [7, 11) is 0. The van der Waals surface area contributed by atoms with E-state index in [-0.39, 0.29) is 5.11 Å². The second-order valence-corrected chi connectivity index (χ2v) is 5.85. The molecule has 0 spiro atoms. The van der Waals surface area contributed by atoms with Gasteiger partial charge in [-0.05, 0) is 53.8 Å². The number of hydrogen-bond donors (Lipinski definition) is 3. The average molecular weight is 277 g/mol. The Bertz CT molecular complexity index is 313. The van der Waals surface area contributed by atoms with Crippen molar-refractivity contribution in [2.75, 3.05) is 0 Å². The van der Waals surface area contributed by atoms with Crippen molar-refractivity contribution in [3.8, 4) is 0 Å². The normalized spacial score (nSPS) is 13.7. The first kappa shape index (κ1) is 16.9. The third kappa shape index (κ3) is 9.00. The maximum Gasteiger partial charge on any atom is 0.409 e. The zero-order valence-electron chi connectivity index (χ0n) is 11.8. The minimum Gasteiger partial charge on any atom is -0.444 e. The molecule has 0 fully saturated rings. The van der Waals surface area contributed by atoms with Gasteiger partial charge >= 0.3 is 6.09 Å². The summed E-state index contributed by atoms with van der Waals surface area (Å²) in [6.45, 7) is 10.5. The van der Waals surface area contributed by atoms with E-state index in [1.54, 1.807) is 41.5 Å². The number of amides is 1. The van der Waals surface area contributed by atoms with Gasteiger partial charge in [0.05, 0.1) is 0 Å². The molecule has 0 aromatic rings. The number of nitrogens with one attached hydrogen (secondary N) is 2. The fourth-order valence-corrected chi connectivity index (χ4v) is 1.42. The number of thiocarbonyl (C=S) groups is 1. The second kappa shape index (κ2) is 6.19. The molecule has 0 aliphatic rings. The van der Waals surface area contributed by atoms with E-state index in [2.05, 4.69) is 10.6 Å². The highest BCUT2D eigenvalue weighted by Crippen LogP contribution is 2.11. The van der Waals surface area contributed by atoms with E-state index in [0.29, 0.717) is 0 Å². The molecule has 1 amide bonds. The second-order valence-electron chi connectivity index (χ2n) is 5.41. The summed E-state index contributed by atoms with van der Waals surface area (Å²) < 4.78 is 10.7. The standard InChI is InChI=1S/C11H23N3O3S/c1-7(13-8(12)18)16-11(5,6)14-9(15)17-10(2,3)4/h7H,1-6H3,(H,14,15)(H3,12,13,18). The van der Waals surface area contributed by atoms with Crippen molar-refractivity contribution in [2.45, 2.75) is 59.1 Å². The first-order valence-corrected chi connectivity index (χ1v) is 6.07. The van der Waals surface area contributed by atoms with Crippen LogP contribution in [0.2, 0.25) is 0 Å². The molecule has 0 rings (SSSR count). The minimum absolute atomic E-state index is 0.135. The Hall–Kier alpha value is -1.08. The Labute approximate surface area is 114 Å². The van der Waals surface area contributed by atoms with Gasteiger partial charge in [-0.3, -0.25) is 5.32 Å². The average Bonchev–Trinajstić information content (AvgIpc) is 1.92. The molecule has 0 aromatic carbocycles. The summed E-state index contributed by atoms with van der Waals surface area (Å²) in [5.41, 5.74) is 3.87. The van der Waals surface area contributed by atoms with Gasteiger partial charge in [-0.2, -0.15) is 0 Å². The van der Waals surface area contributed by atoms with Crippen molar-refractivity contribution < 1.29 is 14.3 Å². The third-order valence-corrected chi connectivity index (χ3v) is 1.74. The van der Waals surface area contributed by atoms with Crippen LogP contribution < -0.4 is 16.4 Å². The molecule has 0 bridgehead atoms. The zero-order valence-corrected chi connectivity index (χ0v) is 12.6. The van der Waals surface area contributed by atoms with Crippen LogP contribution in [0.1, 0.15) is 41.5 Å².